The van der Waals surface area contributed by atoms with Crippen LogP contribution < -0.4 is 10.2 Å². The lowest BCUT2D eigenvalue weighted by Crippen LogP contribution is -2.38. The molecular weight excluding hydrogens is 314 g/mol. The molecule has 3 atom stereocenters. The summed E-state index contributed by atoms with van der Waals surface area (Å²) >= 11 is 0. The van der Waals surface area contributed by atoms with Crippen LogP contribution in [0.15, 0.2) is 24.3 Å². The second kappa shape index (κ2) is 6.70. The first-order chi connectivity index (χ1) is 12.1. The molecule has 134 valence electrons. The number of fused-ring (bicyclic) bond motifs is 1. The lowest BCUT2D eigenvalue weighted by Gasteiger charge is -2.25. The Morgan fingerprint density at radius 1 is 1.12 bits per heavy atom. The number of anilines is 1. The van der Waals surface area contributed by atoms with Crippen molar-refractivity contribution in [2.75, 3.05) is 31.6 Å². The van der Waals surface area contributed by atoms with E-state index in [1.54, 1.807) is 0 Å². The Hall–Kier alpha value is -2.04. The largest absolute Gasteiger partial charge is 0.372 e. The van der Waals surface area contributed by atoms with Gasteiger partial charge < -0.3 is 15.1 Å². The highest BCUT2D eigenvalue weighted by molar-refractivity contribution is 5.94. The van der Waals surface area contributed by atoms with E-state index in [2.05, 4.69) is 22.3 Å². The zero-order valence-corrected chi connectivity index (χ0v) is 14.9. The van der Waals surface area contributed by atoms with Crippen LogP contribution in [0.4, 0.5) is 5.69 Å². The molecule has 4 rings (SSSR count). The van der Waals surface area contributed by atoms with E-state index in [0.29, 0.717) is 18.3 Å². The lowest BCUT2D eigenvalue weighted by molar-refractivity contribution is -0.124. The van der Waals surface area contributed by atoms with Crippen molar-refractivity contribution in [1.82, 2.24) is 10.2 Å². The van der Waals surface area contributed by atoms with Crippen molar-refractivity contribution in [3.8, 4) is 0 Å². The number of carbonyl (C=O) groups excluding carboxylic acids is 2. The fraction of sp³-hybridized carbons (Fsp3) is 0.600. The van der Waals surface area contributed by atoms with Crippen molar-refractivity contribution < 1.29 is 9.59 Å². The molecule has 5 nitrogen and oxygen atoms in total. The Balaban J connectivity index is 1.41. The Bertz CT molecular complexity index is 651. The first-order valence-electron chi connectivity index (χ1n) is 9.50. The maximum atomic E-state index is 12.9. The monoisotopic (exact) mass is 341 g/mol. The van der Waals surface area contributed by atoms with Gasteiger partial charge in [0.15, 0.2) is 0 Å². The highest BCUT2D eigenvalue weighted by Gasteiger charge is 2.40. The van der Waals surface area contributed by atoms with E-state index >= 15 is 0 Å². The summed E-state index contributed by atoms with van der Waals surface area (Å²) < 4.78 is 0. The van der Waals surface area contributed by atoms with Crippen molar-refractivity contribution in [2.45, 2.75) is 38.1 Å². The third-order valence-corrected chi connectivity index (χ3v) is 6.28. The average Bonchev–Trinajstić information content (AvgIpc) is 3.30. The third-order valence-electron chi connectivity index (χ3n) is 6.28. The number of amides is 2. The molecule has 2 heterocycles. The van der Waals surface area contributed by atoms with Gasteiger partial charge in [0.25, 0.3) is 5.91 Å². The summed E-state index contributed by atoms with van der Waals surface area (Å²) in [4.78, 5) is 28.7. The van der Waals surface area contributed by atoms with Gasteiger partial charge in [-0.1, -0.05) is 0 Å². The maximum absolute atomic E-state index is 12.9. The number of hydrogen-bond acceptors (Lipinski definition) is 3. The van der Waals surface area contributed by atoms with Gasteiger partial charge in [-0.25, -0.2) is 0 Å². The molecule has 0 radical (unpaired) electrons. The first kappa shape index (κ1) is 16.4. The molecule has 3 fully saturated rings. The SMILES string of the molecule is CN(C(=O)c1ccc(N2CCCC2)cc1)[C@H]1C[C@H]2CNC(=O)C[C@H]2C1. The van der Waals surface area contributed by atoms with Crippen LogP contribution in [0.5, 0.6) is 0 Å². The fourth-order valence-electron chi connectivity index (χ4n) is 4.71. The molecule has 5 heteroatoms. The van der Waals surface area contributed by atoms with Crippen LogP contribution in [0.3, 0.4) is 0 Å². The summed E-state index contributed by atoms with van der Waals surface area (Å²) in [5.41, 5.74) is 1.97. The van der Waals surface area contributed by atoms with E-state index in [9.17, 15) is 9.59 Å². The van der Waals surface area contributed by atoms with Crippen LogP contribution in [0.25, 0.3) is 0 Å². The minimum atomic E-state index is 0.0934. The van der Waals surface area contributed by atoms with E-state index in [1.807, 2.05) is 24.1 Å². The van der Waals surface area contributed by atoms with Crippen molar-refractivity contribution in [3.05, 3.63) is 29.8 Å². The molecule has 1 saturated carbocycles. The van der Waals surface area contributed by atoms with E-state index in [0.717, 1.165) is 38.0 Å². The Morgan fingerprint density at radius 3 is 2.52 bits per heavy atom. The van der Waals surface area contributed by atoms with E-state index in [4.69, 9.17) is 0 Å². The topological polar surface area (TPSA) is 52.7 Å². The Morgan fingerprint density at radius 2 is 1.80 bits per heavy atom. The highest BCUT2D eigenvalue weighted by atomic mass is 16.2. The standard InChI is InChI=1S/C20H27N3O2/c1-22(18-10-15-12-19(24)21-13-16(15)11-18)20(25)14-4-6-17(7-5-14)23-8-2-3-9-23/h4-7,15-16,18H,2-3,8-13H2,1H3,(H,21,24)/t15-,16+,18-/m1/s1. The molecule has 1 aromatic carbocycles. The summed E-state index contributed by atoms with van der Waals surface area (Å²) in [6, 6.07) is 8.31. The van der Waals surface area contributed by atoms with Crippen LogP contribution >= 0.6 is 0 Å². The van der Waals surface area contributed by atoms with Crippen LogP contribution in [0, 0.1) is 11.8 Å². The second-order valence-corrected chi connectivity index (χ2v) is 7.81. The summed E-state index contributed by atoms with van der Waals surface area (Å²) in [6.45, 7) is 3.00. The zero-order chi connectivity index (χ0) is 17.4. The van der Waals surface area contributed by atoms with Gasteiger partial charge in [0, 0.05) is 50.4 Å². The van der Waals surface area contributed by atoms with Crippen molar-refractivity contribution in [3.63, 3.8) is 0 Å². The van der Waals surface area contributed by atoms with Crippen LogP contribution in [-0.4, -0.2) is 49.4 Å². The molecule has 1 N–H and O–H groups in total. The molecule has 3 aliphatic rings. The third kappa shape index (κ3) is 3.24. The number of piperidine rings is 1. The van der Waals surface area contributed by atoms with Gasteiger partial charge in [0.1, 0.15) is 0 Å². The quantitative estimate of drug-likeness (QED) is 0.918. The first-order valence-corrected chi connectivity index (χ1v) is 9.50. The van der Waals surface area contributed by atoms with Crippen LogP contribution in [0.2, 0.25) is 0 Å². The van der Waals surface area contributed by atoms with Crippen LogP contribution in [0.1, 0.15) is 42.5 Å². The van der Waals surface area contributed by atoms with Crippen molar-refractivity contribution in [2.24, 2.45) is 11.8 Å². The molecule has 1 aliphatic carbocycles. The number of benzene rings is 1. The Labute approximate surface area is 149 Å². The summed E-state index contributed by atoms with van der Waals surface area (Å²) in [5.74, 6) is 1.21. The predicted molar refractivity (Wildman–Crippen MR) is 97.6 cm³/mol. The van der Waals surface area contributed by atoms with Gasteiger partial charge in [0.05, 0.1) is 0 Å². The van der Waals surface area contributed by atoms with Crippen molar-refractivity contribution >= 4 is 17.5 Å². The van der Waals surface area contributed by atoms with Gasteiger partial charge >= 0.3 is 0 Å². The summed E-state index contributed by atoms with van der Waals surface area (Å²) in [6.07, 6.45) is 5.08. The molecule has 0 unspecified atom stereocenters. The second-order valence-electron chi connectivity index (χ2n) is 7.81. The number of nitrogens with one attached hydrogen (secondary N) is 1. The molecule has 0 bridgehead atoms. The van der Waals surface area contributed by atoms with E-state index < -0.39 is 0 Å². The van der Waals surface area contributed by atoms with Gasteiger partial charge in [-0.2, -0.15) is 0 Å². The zero-order valence-electron chi connectivity index (χ0n) is 14.9. The number of hydrogen-bond donors (Lipinski definition) is 1. The summed E-state index contributed by atoms with van der Waals surface area (Å²) in [5, 5.41) is 2.96. The normalized spacial score (nSPS) is 28.6. The van der Waals surface area contributed by atoms with Gasteiger partial charge in [-0.05, 0) is 61.8 Å². The molecule has 2 amide bonds. The van der Waals surface area contributed by atoms with E-state index in [1.165, 1.54) is 18.5 Å². The Kier molecular flexibility index (Phi) is 4.40. The van der Waals surface area contributed by atoms with E-state index in [-0.39, 0.29) is 17.9 Å². The lowest BCUT2D eigenvalue weighted by atomic mass is 9.89. The predicted octanol–water partition coefficient (Wildman–Crippen LogP) is 2.27. The molecule has 1 aromatic rings. The molecule has 0 aromatic heterocycles. The molecule has 2 saturated heterocycles. The van der Waals surface area contributed by atoms with Crippen molar-refractivity contribution in [1.29, 1.82) is 0 Å². The molecule has 2 aliphatic heterocycles. The minimum absolute atomic E-state index is 0.0934. The van der Waals surface area contributed by atoms with Gasteiger partial charge in [0.2, 0.25) is 5.91 Å². The molecule has 0 spiro atoms. The molecular formula is C20H27N3O2. The average molecular weight is 341 g/mol. The fourth-order valence-corrected chi connectivity index (χ4v) is 4.71. The number of carbonyl (C=O) groups is 2. The minimum Gasteiger partial charge on any atom is -0.372 e. The van der Waals surface area contributed by atoms with Gasteiger partial charge in [-0.3, -0.25) is 9.59 Å². The number of rotatable bonds is 3. The maximum Gasteiger partial charge on any atom is 0.253 e. The van der Waals surface area contributed by atoms with Gasteiger partial charge in [-0.15, -0.1) is 0 Å². The van der Waals surface area contributed by atoms with Crippen LogP contribution in [-0.2, 0) is 4.79 Å². The molecule has 25 heavy (non-hydrogen) atoms. The smallest absolute Gasteiger partial charge is 0.253 e. The summed E-state index contributed by atoms with van der Waals surface area (Å²) in [7, 11) is 1.91. The number of nitrogens with zero attached hydrogens (tertiary/aromatic N) is 2. The highest BCUT2D eigenvalue weighted by Crippen LogP contribution is 2.38.